The molecule has 2 N–H and O–H groups in total. The van der Waals surface area contributed by atoms with Crippen LogP contribution in [-0.4, -0.2) is 16.7 Å². The number of ether oxygens (including phenoxy) is 1. The fourth-order valence-corrected chi connectivity index (χ4v) is 2.38. The number of hydrogen-bond acceptors (Lipinski definition) is 3. The average molecular weight is 281 g/mol. The Morgan fingerprint density at radius 2 is 1.90 bits per heavy atom. The third kappa shape index (κ3) is 2.36. The molecule has 3 aromatic rings. The van der Waals surface area contributed by atoms with E-state index in [1.807, 2.05) is 25.1 Å². The van der Waals surface area contributed by atoms with Crippen LogP contribution >= 0.6 is 0 Å². The van der Waals surface area contributed by atoms with E-state index >= 15 is 0 Å². The van der Waals surface area contributed by atoms with E-state index in [1.54, 1.807) is 30.3 Å². The molecule has 0 amide bonds. The summed E-state index contributed by atoms with van der Waals surface area (Å²) in [5.74, 6) is 0.632. The molecule has 0 atom stereocenters. The minimum atomic E-state index is -0.310. The van der Waals surface area contributed by atoms with E-state index in [0.717, 1.165) is 0 Å². The van der Waals surface area contributed by atoms with Crippen molar-refractivity contribution in [2.45, 2.75) is 6.92 Å². The molecule has 0 unspecified atom stereocenters. The fraction of sp³-hybridized carbons (Fsp3) is 0.118. The van der Waals surface area contributed by atoms with E-state index in [0.29, 0.717) is 28.8 Å². The number of aromatic nitrogens is 1. The summed E-state index contributed by atoms with van der Waals surface area (Å²) in [6, 6.07) is 14.3. The monoisotopic (exact) mass is 281 g/mol. The van der Waals surface area contributed by atoms with Crippen LogP contribution in [0.1, 0.15) is 6.92 Å². The second kappa shape index (κ2) is 5.32. The minimum absolute atomic E-state index is 0.0264. The van der Waals surface area contributed by atoms with Gasteiger partial charge in [-0.15, -0.1) is 0 Å². The van der Waals surface area contributed by atoms with Crippen molar-refractivity contribution in [3.05, 3.63) is 58.9 Å². The number of aromatic amines is 1. The van der Waals surface area contributed by atoms with Crippen LogP contribution in [0.15, 0.2) is 53.3 Å². The smallest absolute Gasteiger partial charge is 0.260 e. The standard InChI is InChI=1S/C17H15NO3/c1-2-21-12-8-9-14-13(10-12)16(19)15(17(20)18-14)11-6-4-3-5-7-11/h3-10H,2H2,1H3,(H2,18,19,20). The highest BCUT2D eigenvalue weighted by Gasteiger charge is 2.14. The molecule has 4 heteroatoms. The molecule has 0 saturated carbocycles. The molecule has 0 saturated heterocycles. The third-order valence-corrected chi connectivity index (χ3v) is 3.33. The van der Waals surface area contributed by atoms with Crippen LogP contribution in [0.5, 0.6) is 11.5 Å². The second-order valence-electron chi connectivity index (χ2n) is 4.68. The lowest BCUT2D eigenvalue weighted by atomic mass is 10.0. The lowest BCUT2D eigenvalue weighted by Gasteiger charge is -2.09. The quantitative estimate of drug-likeness (QED) is 0.774. The number of aromatic hydroxyl groups is 1. The highest BCUT2D eigenvalue weighted by Crippen LogP contribution is 2.33. The lowest BCUT2D eigenvalue weighted by Crippen LogP contribution is -2.09. The van der Waals surface area contributed by atoms with Crippen LogP contribution < -0.4 is 10.3 Å². The number of rotatable bonds is 3. The van der Waals surface area contributed by atoms with Crippen LogP contribution in [0.3, 0.4) is 0 Å². The van der Waals surface area contributed by atoms with Gasteiger partial charge in [-0.1, -0.05) is 30.3 Å². The third-order valence-electron chi connectivity index (χ3n) is 3.33. The molecule has 4 nitrogen and oxygen atoms in total. The summed E-state index contributed by atoms with van der Waals surface area (Å²) in [6.45, 7) is 2.44. The zero-order valence-corrected chi connectivity index (χ0v) is 11.6. The molecule has 0 aliphatic carbocycles. The van der Waals surface area contributed by atoms with Gasteiger partial charge < -0.3 is 14.8 Å². The molecule has 0 aliphatic heterocycles. The van der Waals surface area contributed by atoms with Crippen molar-refractivity contribution in [3.8, 4) is 22.6 Å². The molecular formula is C17H15NO3. The summed E-state index contributed by atoms with van der Waals surface area (Å²) in [5.41, 5.74) is 1.23. The summed E-state index contributed by atoms with van der Waals surface area (Å²) in [4.78, 5) is 15.0. The van der Waals surface area contributed by atoms with Crippen molar-refractivity contribution >= 4 is 10.9 Å². The van der Waals surface area contributed by atoms with E-state index in [-0.39, 0.29) is 16.9 Å². The molecule has 0 fully saturated rings. The van der Waals surface area contributed by atoms with Gasteiger partial charge in [0, 0.05) is 5.39 Å². The predicted molar refractivity (Wildman–Crippen MR) is 82.8 cm³/mol. The Bertz CT molecular complexity index is 838. The van der Waals surface area contributed by atoms with Gasteiger partial charge in [-0.25, -0.2) is 0 Å². The summed E-state index contributed by atoms with van der Waals surface area (Å²) in [5, 5.41) is 11.1. The molecule has 2 aromatic carbocycles. The summed E-state index contributed by atoms with van der Waals surface area (Å²) < 4.78 is 5.44. The maximum atomic E-state index is 12.2. The Kier molecular flexibility index (Phi) is 3.36. The molecule has 1 heterocycles. The van der Waals surface area contributed by atoms with Gasteiger partial charge in [0.05, 0.1) is 17.7 Å². The van der Waals surface area contributed by atoms with E-state index in [4.69, 9.17) is 4.74 Å². The van der Waals surface area contributed by atoms with E-state index in [1.165, 1.54) is 0 Å². The molecule has 3 rings (SSSR count). The zero-order valence-electron chi connectivity index (χ0n) is 11.6. The minimum Gasteiger partial charge on any atom is -0.506 e. The molecule has 1 aromatic heterocycles. The Morgan fingerprint density at radius 3 is 2.62 bits per heavy atom. The van der Waals surface area contributed by atoms with E-state index in [9.17, 15) is 9.90 Å². The summed E-state index contributed by atoms with van der Waals surface area (Å²) in [7, 11) is 0. The van der Waals surface area contributed by atoms with Crippen molar-refractivity contribution in [2.24, 2.45) is 0 Å². The Hall–Kier alpha value is -2.75. The number of fused-ring (bicyclic) bond motifs is 1. The second-order valence-corrected chi connectivity index (χ2v) is 4.68. The van der Waals surface area contributed by atoms with Crippen molar-refractivity contribution < 1.29 is 9.84 Å². The van der Waals surface area contributed by atoms with Gasteiger partial charge in [0.25, 0.3) is 5.56 Å². The first kappa shape index (κ1) is 13.2. The molecule has 0 radical (unpaired) electrons. The first-order valence-corrected chi connectivity index (χ1v) is 6.78. The highest BCUT2D eigenvalue weighted by molar-refractivity contribution is 5.92. The van der Waals surface area contributed by atoms with Crippen molar-refractivity contribution in [2.75, 3.05) is 6.61 Å². The number of hydrogen-bond donors (Lipinski definition) is 2. The van der Waals surface area contributed by atoms with Gasteiger partial charge in [0.1, 0.15) is 11.5 Å². The maximum Gasteiger partial charge on any atom is 0.260 e. The van der Waals surface area contributed by atoms with E-state index in [2.05, 4.69) is 4.98 Å². The largest absolute Gasteiger partial charge is 0.506 e. The average Bonchev–Trinajstić information content (AvgIpc) is 2.49. The molecular weight excluding hydrogens is 266 g/mol. The Morgan fingerprint density at radius 1 is 1.14 bits per heavy atom. The Labute approximate surface area is 121 Å². The zero-order chi connectivity index (χ0) is 14.8. The van der Waals surface area contributed by atoms with Crippen molar-refractivity contribution in [1.29, 1.82) is 0 Å². The predicted octanol–water partition coefficient (Wildman–Crippen LogP) is 3.30. The summed E-state index contributed by atoms with van der Waals surface area (Å²) in [6.07, 6.45) is 0. The fourth-order valence-electron chi connectivity index (χ4n) is 2.38. The topological polar surface area (TPSA) is 62.3 Å². The maximum absolute atomic E-state index is 12.2. The van der Waals surface area contributed by atoms with Gasteiger partial charge in [0.2, 0.25) is 0 Å². The van der Waals surface area contributed by atoms with Crippen LogP contribution in [0.2, 0.25) is 0 Å². The Balaban J connectivity index is 2.28. The first-order chi connectivity index (χ1) is 10.2. The van der Waals surface area contributed by atoms with Gasteiger partial charge in [-0.05, 0) is 30.7 Å². The van der Waals surface area contributed by atoms with Gasteiger partial charge in [0.15, 0.2) is 0 Å². The molecule has 0 aliphatic rings. The number of pyridine rings is 1. The van der Waals surface area contributed by atoms with Crippen molar-refractivity contribution in [3.63, 3.8) is 0 Å². The highest BCUT2D eigenvalue weighted by atomic mass is 16.5. The van der Waals surface area contributed by atoms with E-state index < -0.39 is 0 Å². The molecule has 0 spiro atoms. The van der Waals surface area contributed by atoms with Crippen LogP contribution in [-0.2, 0) is 0 Å². The van der Waals surface area contributed by atoms with Gasteiger partial charge >= 0.3 is 0 Å². The number of benzene rings is 2. The molecule has 0 bridgehead atoms. The lowest BCUT2D eigenvalue weighted by molar-refractivity contribution is 0.340. The van der Waals surface area contributed by atoms with Crippen molar-refractivity contribution in [1.82, 2.24) is 4.98 Å². The van der Waals surface area contributed by atoms with Crippen LogP contribution in [0.25, 0.3) is 22.0 Å². The molecule has 21 heavy (non-hydrogen) atoms. The van der Waals surface area contributed by atoms with Crippen LogP contribution in [0.4, 0.5) is 0 Å². The SMILES string of the molecule is CCOc1ccc2[nH]c(=O)c(-c3ccccc3)c(O)c2c1. The molecule has 106 valence electrons. The van der Waals surface area contributed by atoms with Gasteiger partial charge in [-0.2, -0.15) is 0 Å². The summed E-state index contributed by atoms with van der Waals surface area (Å²) >= 11 is 0. The van der Waals surface area contributed by atoms with Gasteiger partial charge in [-0.3, -0.25) is 4.79 Å². The normalized spacial score (nSPS) is 10.7. The first-order valence-electron chi connectivity index (χ1n) is 6.78. The number of nitrogens with one attached hydrogen (secondary N) is 1. The number of H-pyrrole nitrogens is 1. The van der Waals surface area contributed by atoms with Crippen LogP contribution in [0, 0.1) is 0 Å².